The van der Waals surface area contributed by atoms with Crippen LogP contribution in [0.15, 0.2) is 49.2 Å². The summed E-state index contributed by atoms with van der Waals surface area (Å²) in [6.45, 7) is 15.2. The van der Waals surface area contributed by atoms with E-state index in [1.807, 2.05) is 22.9 Å². The minimum atomic E-state index is -2.22. The fourth-order valence-corrected chi connectivity index (χ4v) is 5.71. The number of fused-ring (bicyclic) bond motifs is 1. The van der Waals surface area contributed by atoms with Crippen LogP contribution in [0.2, 0.25) is 18.1 Å². The fourth-order valence-electron chi connectivity index (χ4n) is 4.38. The lowest BCUT2D eigenvalue weighted by Crippen LogP contribution is -2.49. The summed E-state index contributed by atoms with van der Waals surface area (Å²) in [5.41, 5.74) is 3.72. The summed E-state index contributed by atoms with van der Waals surface area (Å²) < 4.78 is 20.4. The van der Waals surface area contributed by atoms with Crippen molar-refractivity contribution in [1.29, 1.82) is 0 Å². The highest BCUT2D eigenvalue weighted by molar-refractivity contribution is 6.74. The molecule has 0 aliphatic heterocycles. The van der Waals surface area contributed by atoms with Gasteiger partial charge in [0.2, 0.25) is 0 Å². The van der Waals surface area contributed by atoms with Crippen molar-refractivity contribution >= 4 is 36.8 Å². The predicted octanol–water partition coefficient (Wildman–Crippen LogP) is 6.60. The van der Waals surface area contributed by atoms with Gasteiger partial charge in [-0.05, 0) is 50.2 Å². The molecule has 3 aromatic heterocycles. The summed E-state index contributed by atoms with van der Waals surface area (Å²) in [5, 5.41) is 18.3. The summed E-state index contributed by atoms with van der Waals surface area (Å²) in [5.74, 6) is 1.14. The van der Waals surface area contributed by atoms with E-state index in [9.17, 15) is 9.90 Å². The highest BCUT2D eigenvalue weighted by Crippen LogP contribution is 2.38. The molecule has 0 aliphatic carbocycles. The van der Waals surface area contributed by atoms with Gasteiger partial charge in [0, 0.05) is 24.7 Å². The first-order valence-corrected chi connectivity index (χ1v) is 17.4. The molecule has 0 aliphatic rings. The van der Waals surface area contributed by atoms with Crippen molar-refractivity contribution in [2.45, 2.75) is 64.9 Å². The third-order valence-electron chi connectivity index (χ3n) is 7.81. The van der Waals surface area contributed by atoms with Gasteiger partial charge in [0.15, 0.2) is 14.0 Å². The second-order valence-corrected chi connectivity index (χ2v) is 17.4. The quantitative estimate of drug-likeness (QED) is 0.166. The van der Waals surface area contributed by atoms with Crippen molar-refractivity contribution in [3.63, 3.8) is 0 Å². The molecule has 4 rings (SSSR count). The van der Waals surface area contributed by atoms with Gasteiger partial charge in [-0.3, -0.25) is 0 Å². The first-order valence-electron chi connectivity index (χ1n) is 14.5. The lowest BCUT2D eigenvalue weighted by molar-refractivity contribution is 0.0794. The van der Waals surface area contributed by atoms with Gasteiger partial charge < -0.3 is 29.2 Å². The first-order chi connectivity index (χ1) is 20.7. The zero-order valence-electron chi connectivity index (χ0n) is 27.0. The van der Waals surface area contributed by atoms with Crippen LogP contribution >= 0.6 is 0 Å². The Balaban J connectivity index is 1.71. The number of hydrogen-bond donors (Lipinski definition) is 2. The highest BCUT2D eigenvalue weighted by Gasteiger charge is 2.39. The third-order valence-corrected chi connectivity index (χ3v) is 12.3. The van der Waals surface area contributed by atoms with E-state index in [4.69, 9.17) is 18.9 Å². The van der Waals surface area contributed by atoms with Gasteiger partial charge >= 0.3 is 6.09 Å². The van der Waals surface area contributed by atoms with Crippen molar-refractivity contribution < 1.29 is 23.8 Å². The Kier molecular flexibility index (Phi) is 9.79. The molecule has 1 amide bonds. The van der Waals surface area contributed by atoms with Crippen molar-refractivity contribution in [1.82, 2.24) is 29.6 Å². The smallest absolute Gasteiger partial charge is 0.407 e. The first kappa shape index (κ1) is 32.7. The molecule has 1 aromatic carbocycles. The maximum absolute atomic E-state index is 11.6. The predicted molar refractivity (Wildman–Crippen MR) is 173 cm³/mol. The highest BCUT2D eigenvalue weighted by atomic mass is 28.4. The Morgan fingerprint density at radius 3 is 2.39 bits per heavy atom. The van der Waals surface area contributed by atoms with Gasteiger partial charge in [0.05, 0.1) is 60.8 Å². The molecule has 1 atom stereocenters. The molecule has 0 radical (unpaired) electrons. The molecule has 3 heterocycles. The molecule has 0 fully saturated rings. The topological polar surface area (TPSA) is 137 Å². The van der Waals surface area contributed by atoms with Crippen LogP contribution in [0.4, 0.5) is 16.2 Å². The molecule has 2 N–H and O–H groups in total. The second kappa shape index (κ2) is 13.2. The van der Waals surface area contributed by atoms with Crippen LogP contribution in [0.5, 0.6) is 11.5 Å². The van der Waals surface area contributed by atoms with Crippen molar-refractivity contribution in [2.75, 3.05) is 32.6 Å². The Morgan fingerprint density at radius 1 is 1.09 bits per heavy atom. The van der Waals surface area contributed by atoms with Gasteiger partial charge in [-0.25, -0.2) is 24.4 Å². The molecule has 13 heteroatoms. The number of carbonyl (C=O) groups is 1. The van der Waals surface area contributed by atoms with Crippen LogP contribution in [0.25, 0.3) is 22.3 Å². The van der Waals surface area contributed by atoms with Crippen LogP contribution in [0.3, 0.4) is 0 Å². The summed E-state index contributed by atoms with van der Waals surface area (Å²) in [4.78, 5) is 26.1. The summed E-state index contributed by atoms with van der Waals surface area (Å²) in [6.07, 6.45) is 5.20. The molecule has 1 unspecified atom stereocenters. The maximum atomic E-state index is 11.6. The fraction of sp³-hybridized carbons (Fsp3) is 0.452. The van der Waals surface area contributed by atoms with Gasteiger partial charge in [0.25, 0.3) is 0 Å². The SMILES string of the molecule is COc1cc(OCC(CN(C)C(=O)O)O[Si](C)(C)C(C)(C)C)cc(-c2cc(Nc3cncnc3)c3cnn(C(C)C)c3n2)c1. The zero-order chi connectivity index (χ0) is 32.2. The van der Waals surface area contributed by atoms with Crippen molar-refractivity contribution in [3.05, 3.63) is 49.2 Å². The van der Waals surface area contributed by atoms with Crippen LogP contribution in [-0.4, -0.2) is 82.6 Å². The number of amides is 1. The number of pyridine rings is 1. The molecule has 4 aromatic rings. The maximum Gasteiger partial charge on any atom is 0.407 e. The number of carboxylic acid groups (broad SMARTS) is 1. The normalized spacial score (nSPS) is 12.8. The molecule has 0 saturated carbocycles. The molecular formula is C31H43N7O5Si. The number of nitrogens with zero attached hydrogens (tertiary/aromatic N) is 6. The number of rotatable bonds is 12. The third kappa shape index (κ3) is 7.64. The number of aromatic nitrogens is 5. The van der Waals surface area contributed by atoms with Crippen molar-refractivity contribution in [3.8, 4) is 22.8 Å². The van der Waals surface area contributed by atoms with Crippen LogP contribution in [0, 0.1) is 0 Å². The molecule has 0 bridgehead atoms. The lowest BCUT2D eigenvalue weighted by atomic mass is 10.1. The van der Waals surface area contributed by atoms with Crippen molar-refractivity contribution in [2.24, 2.45) is 0 Å². The van der Waals surface area contributed by atoms with Crippen LogP contribution in [-0.2, 0) is 4.43 Å². The van der Waals surface area contributed by atoms with Gasteiger partial charge in [0.1, 0.15) is 24.4 Å². The number of methoxy groups -OCH3 is 1. The molecule has 44 heavy (non-hydrogen) atoms. The lowest BCUT2D eigenvalue weighted by Gasteiger charge is -2.39. The largest absolute Gasteiger partial charge is 0.497 e. The summed E-state index contributed by atoms with van der Waals surface area (Å²) in [7, 11) is 0.910. The number of hydrogen-bond acceptors (Lipinski definition) is 9. The number of ether oxygens (including phenoxy) is 2. The van der Waals surface area contributed by atoms with E-state index < -0.39 is 20.5 Å². The number of likely N-dealkylation sites (N-methyl/N-ethyl adjacent to an activating group) is 1. The zero-order valence-corrected chi connectivity index (χ0v) is 28.0. The Hall–Kier alpha value is -4.23. The van der Waals surface area contributed by atoms with E-state index in [2.05, 4.69) is 68.1 Å². The summed E-state index contributed by atoms with van der Waals surface area (Å²) in [6, 6.07) is 7.63. The van der Waals surface area contributed by atoms with Crippen LogP contribution < -0.4 is 14.8 Å². The van der Waals surface area contributed by atoms with E-state index in [1.165, 1.54) is 18.3 Å². The van der Waals surface area contributed by atoms with E-state index in [0.717, 1.165) is 28.0 Å². The molecule has 12 nitrogen and oxygen atoms in total. The van der Waals surface area contributed by atoms with E-state index in [-0.39, 0.29) is 24.2 Å². The Bertz CT molecular complexity index is 1590. The monoisotopic (exact) mass is 621 g/mol. The number of anilines is 2. The Morgan fingerprint density at radius 2 is 1.77 bits per heavy atom. The molecule has 0 spiro atoms. The van der Waals surface area contributed by atoms with E-state index in [0.29, 0.717) is 17.2 Å². The molecule has 0 saturated heterocycles. The molecule has 236 valence electrons. The minimum Gasteiger partial charge on any atom is -0.497 e. The van der Waals surface area contributed by atoms with Gasteiger partial charge in [-0.2, -0.15) is 5.10 Å². The second-order valence-electron chi connectivity index (χ2n) is 12.6. The van der Waals surface area contributed by atoms with Gasteiger partial charge in [-0.15, -0.1) is 0 Å². The average molecular weight is 622 g/mol. The minimum absolute atomic E-state index is 0.0549. The van der Waals surface area contributed by atoms with Gasteiger partial charge in [-0.1, -0.05) is 20.8 Å². The number of benzene rings is 1. The number of nitrogens with one attached hydrogen (secondary N) is 1. The Labute approximate surface area is 259 Å². The van der Waals surface area contributed by atoms with E-state index in [1.54, 1.807) is 31.8 Å². The van der Waals surface area contributed by atoms with E-state index >= 15 is 0 Å². The van der Waals surface area contributed by atoms with Crippen LogP contribution in [0.1, 0.15) is 40.7 Å². The summed E-state index contributed by atoms with van der Waals surface area (Å²) >= 11 is 0. The molecular weight excluding hydrogens is 578 g/mol. The standard InChI is InChI=1S/C31H43N7O5Si/c1-20(2)38-29-26(16-34-38)28(35-22-14-32-19-33-15-22)13-27(36-29)21-10-23(41-7)12-24(11-21)42-18-25(17-37(6)30(39)40)43-44(8,9)31(3,4)5/h10-16,19-20,25H,17-18H2,1-9H3,(H,35,36)(H,39,40). The average Bonchev–Trinajstić information content (AvgIpc) is 3.40.